The fourth-order valence-corrected chi connectivity index (χ4v) is 1.22. The monoisotopic (exact) mass is 199 g/mol. The minimum absolute atomic E-state index is 0.0966. The maximum Gasteiger partial charge on any atom is 0.0991 e. The summed E-state index contributed by atoms with van der Waals surface area (Å²) in [6, 6.07) is 11.5. The van der Waals surface area contributed by atoms with Crippen molar-refractivity contribution in [2.24, 2.45) is 0 Å². The Hall–Kier alpha value is -1.84. The van der Waals surface area contributed by atoms with Crippen LogP contribution >= 0.6 is 0 Å². The lowest BCUT2D eigenvalue weighted by Crippen LogP contribution is -2.25. The molecular formula is C12H13N3. The van der Waals surface area contributed by atoms with Crippen LogP contribution in [0.15, 0.2) is 24.3 Å². The van der Waals surface area contributed by atoms with Crippen LogP contribution in [0.2, 0.25) is 0 Å². The van der Waals surface area contributed by atoms with Crippen LogP contribution in [-0.2, 0) is 6.54 Å². The van der Waals surface area contributed by atoms with Crippen LogP contribution in [0.4, 0.5) is 0 Å². The Morgan fingerprint density at radius 1 is 1.27 bits per heavy atom. The number of nitriles is 2. The largest absolute Gasteiger partial charge is 0.298 e. The van der Waals surface area contributed by atoms with Crippen molar-refractivity contribution in [3.63, 3.8) is 0 Å². The first kappa shape index (κ1) is 11.2. The summed E-state index contributed by atoms with van der Waals surface area (Å²) in [4.78, 5) is 0. The molecule has 1 unspecified atom stereocenters. The number of benzene rings is 1. The van der Waals surface area contributed by atoms with Gasteiger partial charge in [0.05, 0.1) is 23.7 Å². The van der Waals surface area contributed by atoms with E-state index in [4.69, 9.17) is 10.5 Å². The first-order valence-corrected chi connectivity index (χ1v) is 4.92. The molecule has 0 aliphatic heterocycles. The molecule has 1 N–H and O–H groups in total. The van der Waals surface area contributed by atoms with E-state index in [1.165, 1.54) is 0 Å². The molecule has 0 bridgehead atoms. The summed E-state index contributed by atoms with van der Waals surface area (Å²) in [5.41, 5.74) is 1.74. The summed E-state index contributed by atoms with van der Waals surface area (Å²) in [7, 11) is 0. The minimum Gasteiger partial charge on any atom is -0.298 e. The summed E-state index contributed by atoms with van der Waals surface area (Å²) < 4.78 is 0. The predicted molar refractivity (Wildman–Crippen MR) is 57.7 cm³/mol. The molecule has 0 saturated heterocycles. The summed E-state index contributed by atoms with van der Waals surface area (Å²) in [6.45, 7) is 2.64. The van der Waals surface area contributed by atoms with Crippen molar-refractivity contribution in [1.29, 1.82) is 10.5 Å². The molecule has 0 spiro atoms. The van der Waals surface area contributed by atoms with Crippen molar-refractivity contribution in [3.8, 4) is 12.1 Å². The molecule has 0 radical (unpaired) electrons. The lowest BCUT2D eigenvalue weighted by molar-refractivity contribution is 0.587. The Balaban J connectivity index is 2.52. The summed E-state index contributed by atoms with van der Waals surface area (Å²) >= 11 is 0. The van der Waals surface area contributed by atoms with Gasteiger partial charge >= 0.3 is 0 Å². The molecule has 0 aliphatic rings. The SMILES string of the molecule is CCC(C#N)NCc1ccc(C#N)cc1. The maximum absolute atomic E-state index is 8.73. The Labute approximate surface area is 90.0 Å². The van der Waals surface area contributed by atoms with Crippen LogP contribution in [0.5, 0.6) is 0 Å². The fourth-order valence-electron chi connectivity index (χ4n) is 1.22. The normalized spacial score (nSPS) is 11.4. The van der Waals surface area contributed by atoms with Crippen LogP contribution in [0.1, 0.15) is 24.5 Å². The van der Waals surface area contributed by atoms with Gasteiger partial charge in [-0.1, -0.05) is 19.1 Å². The molecule has 0 aromatic heterocycles. The van der Waals surface area contributed by atoms with Crippen molar-refractivity contribution in [1.82, 2.24) is 5.32 Å². The second-order valence-electron chi connectivity index (χ2n) is 3.28. The van der Waals surface area contributed by atoms with Gasteiger partial charge in [-0.3, -0.25) is 5.32 Å². The van der Waals surface area contributed by atoms with E-state index in [9.17, 15) is 0 Å². The lowest BCUT2D eigenvalue weighted by atomic mass is 10.1. The predicted octanol–water partition coefficient (Wildman–Crippen LogP) is 1.95. The van der Waals surface area contributed by atoms with Crippen molar-refractivity contribution >= 4 is 0 Å². The van der Waals surface area contributed by atoms with Gasteiger partial charge in [-0.2, -0.15) is 10.5 Å². The number of rotatable bonds is 4. The smallest absolute Gasteiger partial charge is 0.0991 e. The van der Waals surface area contributed by atoms with E-state index in [1.54, 1.807) is 12.1 Å². The van der Waals surface area contributed by atoms with E-state index in [0.717, 1.165) is 12.0 Å². The second kappa shape index (κ2) is 5.80. The third kappa shape index (κ3) is 3.42. The molecule has 1 aromatic rings. The van der Waals surface area contributed by atoms with E-state index < -0.39 is 0 Å². The van der Waals surface area contributed by atoms with Gasteiger partial charge in [-0.25, -0.2) is 0 Å². The highest BCUT2D eigenvalue weighted by molar-refractivity contribution is 5.31. The molecule has 1 aromatic carbocycles. The maximum atomic E-state index is 8.73. The summed E-state index contributed by atoms with van der Waals surface area (Å²) in [5.74, 6) is 0. The van der Waals surface area contributed by atoms with E-state index in [2.05, 4.69) is 17.5 Å². The molecule has 0 aliphatic carbocycles. The van der Waals surface area contributed by atoms with Gasteiger partial charge in [0.2, 0.25) is 0 Å². The topological polar surface area (TPSA) is 59.6 Å². The van der Waals surface area contributed by atoms with Gasteiger partial charge in [-0.05, 0) is 24.1 Å². The molecule has 0 heterocycles. The van der Waals surface area contributed by atoms with E-state index >= 15 is 0 Å². The van der Waals surface area contributed by atoms with E-state index in [0.29, 0.717) is 12.1 Å². The molecule has 0 amide bonds. The Kier molecular flexibility index (Phi) is 4.34. The molecular weight excluding hydrogens is 186 g/mol. The van der Waals surface area contributed by atoms with Crippen LogP contribution in [0, 0.1) is 22.7 Å². The number of hydrogen-bond donors (Lipinski definition) is 1. The van der Waals surface area contributed by atoms with Gasteiger partial charge in [0.25, 0.3) is 0 Å². The molecule has 1 atom stereocenters. The zero-order chi connectivity index (χ0) is 11.1. The second-order valence-corrected chi connectivity index (χ2v) is 3.28. The highest BCUT2D eigenvalue weighted by Crippen LogP contribution is 2.03. The number of nitrogens with zero attached hydrogens (tertiary/aromatic N) is 2. The van der Waals surface area contributed by atoms with Crippen LogP contribution in [0.25, 0.3) is 0 Å². The minimum atomic E-state index is -0.0966. The van der Waals surface area contributed by atoms with E-state index in [-0.39, 0.29) is 6.04 Å². The highest BCUT2D eigenvalue weighted by Gasteiger charge is 2.02. The molecule has 0 fully saturated rings. The van der Waals surface area contributed by atoms with Crippen molar-refractivity contribution in [2.75, 3.05) is 0 Å². The van der Waals surface area contributed by atoms with Gasteiger partial charge in [0, 0.05) is 6.54 Å². The Morgan fingerprint density at radius 3 is 2.40 bits per heavy atom. The Morgan fingerprint density at radius 2 is 1.93 bits per heavy atom. The molecule has 3 nitrogen and oxygen atoms in total. The molecule has 15 heavy (non-hydrogen) atoms. The van der Waals surface area contributed by atoms with Gasteiger partial charge in [-0.15, -0.1) is 0 Å². The average molecular weight is 199 g/mol. The van der Waals surface area contributed by atoms with Crippen molar-refractivity contribution in [3.05, 3.63) is 35.4 Å². The first-order chi connectivity index (χ1) is 7.30. The average Bonchev–Trinajstić information content (AvgIpc) is 2.31. The van der Waals surface area contributed by atoms with Gasteiger partial charge < -0.3 is 0 Å². The third-order valence-corrected chi connectivity index (χ3v) is 2.20. The first-order valence-electron chi connectivity index (χ1n) is 4.92. The standard InChI is InChI=1S/C12H13N3/c1-2-12(8-14)15-9-11-5-3-10(7-13)4-6-11/h3-6,12,15H,2,9H2,1H3. The van der Waals surface area contributed by atoms with Crippen molar-refractivity contribution < 1.29 is 0 Å². The Bertz CT molecular complexity index is 381. The van der Waals surface area contributed by atoms with Crippen LogP contribution < -0.4 is 5.32 Å². The highest BCUT2D eigenvalue weighted by atomic mass is 14.9. The van der Waals surface area contributed by atoms with Crippen LogP contribution in [-0.4, -0.2) is 6.04 Å². The number of nitrogens with one attached hydrogen (secondary N) is 1. The van der Waals surface area contributed by atoms with Crippen LogP contribution in [0.3, 0.4) is 0 Å². The third-order valence-electron chi connectivity index (χ3n) is 2.20. The van der Waals surface area contributed by atoms with Crippen molar-refractivity contribution in [2.45, 2.75) is 25.9 Å². The summed E-state index contributed by atoms with van der Waals surface area (Å²) in [6.07, 6.45) is 0.798. The van der Waals surface area contributed by atoms with Gasteiger partial charge in [0.15, 0.2) is 0 Å². The van der Waals surface area contributed by atoms with Gasteiger partial charge in [0.1, 0.15) is 0 Å². The molecule has 76 valence electrons. The number of hydrogen-bond acceptors (Lipinski definition) is 3. The quantitative estimate of drug-likeness (QED) is 0.806. The summed E-state index contributed by atoms with van der Waals surface area (Å²) in [5, 5.41) is 20.5. The molecule has 3 heteroatoms. The molecule has 0 saturated carbocycles. The molecule has 1 rings (SSSR count). The fraction of sp³-hybridized carbons (Fsp3) is 0.333. The lowest BCUT2D eigenvalue weighted by Gasteiger charge is -2.08. The zero-order valence-corrected chi connectivity index (χ0v) is 8.70. The zero-order valence-electron chi connectivity index (χ0n) is 8.70. The van der Waals surface area contributed by atoms with E-state index in [1.807, 2.05) is 19.1 Å².